The molecule has 1 aliphatic rings. The van der Waals surface area contributed by atoms with Crippen molar-refractivity contribution in [1.29, 1.82) is 0 Å². The molecule has 0 saturated carbocycles. The molecule has 1 heterocycles. The summed E-state index contributed by atoms with van der Waals surface area (Å²) in [6.07, 6.45) is 2.66. The first-order valence-electron chi connectivity index (χ1n) is 12.1. The van der Waals surface area contributed by atoms with E-state index in [1.54, 1.807) is 6.08 Å². The quantitative estimate of drug-likeness (QED) is 0.198. The number of hydrogen-bond acceptors (Lipinski definition) is 7. The predicted octanol–water partition coefficient (Wildman–Crippen LogP) is 6.13. The highest BCUT2D eigenvalue weighted by atomic mass is 32.2. The van der Waals surface area contributed by atoms with E-state index in [9.17, 15) is 9.59 Å². The fourth-order valence-electron chi connectivity index (χ4n) is 3.67. The van der Waals surface area contributed by atoms with Crippen molar-refractivity contribution in [3.63, 3.8) is 0 Å². The lowest BCUT2D eigenvalue weighted by molar-refractivity contribution is -0.143. The zero-order valence-electron chi connectivity index (χ0n) is 21.5. The van der Waals surface area contributed by atoms with Gasteiger partial charge in [-0.3, -0.25) is 14.5 Å². The number of thiocarbonyl (C=S) groups is 1. The van der Waals surface area contributed by atoms with Crippen LogP contribution in [0.1, 0.15) is 54.5 Å². The van der Waals surface area contributed by atoms with E-state index in [1.165, 1.54) is 33.4 Å². The van der Waals surface area contributed by atoms with Gasteiger partial charge in [0.05, 0.1) is 24.5 Å². The number of esters is 1. The van der Waals surface area contributed by atoms with Crippen molar-refractivity contribution in [2.45, 2.75) is 54.1 Å². The Balaban J connectivity index is 1.72. The maximum absolute atomic E-state index is 12.9. The first kappa shape index (κ1) is 27.7. The first-order valence-corrected chi connectivity index (χ1v) is 13.3. The second kappa shape index (κ2) is 12.9. The van der Waals surface area contributed by atoms with Gasteiger partial charge in [-0.25, -0.2) is 0 Å². The molecule has 0 N–H and O–H groups in total. The largest absolute Gasteiger partial charge is 0.490 e. The Labute approximate surface area is 223 Å². The Hall–Kier alpha value is -2.84. The second-order valence-corrected chi connectivity index (χ2v) is 10.3. The van der Waals surface area contributed by atoms with Gasteiger partial charge in [0.1, 0.15) is 10.9 Å². The fraction of sp³-hybridized carbons (Fsp3) is 0.393. The van der Waals surface area contributed by atoms with Gasteiger partial charge in [0.25, 0.3) is 5.91 Å². The zero-order valence-corrected chi connectivity index (χ0v) is 23.1. The van der Waals surface area contributed by atoms with E-state index in [1.807, 2.05) is 32.0 Å². The van der Waals surface area contributed by atoms with Gasteiger partial charge in [-0.2, -0.15) is 0 Å². The molecule has 1 aliphatic heterocycles. The number of carbonyl (C=O) groups is 2. The monoisotopic (exact) mass is 527 g/mol. The molecule has 192 valence electrons. The molecular formula is C28H33NO5S2. The number of ether oxygens (including phenoxy) is 3. The predicted molar refractivity (Wildman–Crippen MR) is 148 cm³/mol. The van der Waals surface area contributed by atoms with Crippen molar-refractivity contribution in [3.8, 4) is 11.5 Å². The van der Waals surface area contributed by atoms with Crippen LogP contribution in [-0.4, -0.2) is 40.9 Å². The van der Waals surface area contributed by atoms with E-state index in [0.717, 1.165) is 17.5 Å². The van der Waals surface area contributed by atoms with Crippen molar-refractivity contribution < 1.29 is 23.8 Å². The highest BCUT2D eigenvalue weighted by Crippen LogP contribution is 2.35. The highest BCUT2D eigenvalue weighted by Gasteiger charge is 2.32. The minimum absolute atomic E-state index is 0.111. The van der Waals surface area contributed by atoms with Crippen LogP contribution in [0.15, 0.2) is 35.2 Å². The molecule has 0 atom stereocenters. The topological polar surface area (TPSA) is 65.1 Å². The van der Waals surface area contributed by atoms with E-state index in [-0.39, 0.29) is 24.8 Å². The van der Waals surface area contributed by atoms with Crippen LogP contribution >= 0.6 is 24.0 Å². The summed E-state index contributed by atoms with van der Waals surface area (Å²) >= 11 is 6.60. The second-order valence-electron chi connectivity index (χ2n) is 8.59. The SMILES string of the molecule is CCCOC(=O)CCN1C(=O)/C(=C\c2ccc(OCc3cc(C)c(C)cc3C)c(OCC)c2)SC1=S. The van der Waals surface area contributed by atoms with Crippen LogP contribution in [0, 0.1) is 20.8 Å². The van der Waals surface area contributed by atoms with Crippen molar-refractivity contribution >= 4 is 46.3 Å². The Kier molecular flexibility index (Phi) is 9.96. The van der Waals surface area contributed by atoms with Crippen LogP contribution in [0.25, 0.3) is 6.08 Å². The molecule has 0 bridgehead atoms. The normalized spacial score (nSPS) is 14.5. The Morgan fingerprint density at radius 1 is 1.03 bits per heavy atom. The molecule has 0 spiro atoms. The van der Waals surface area contributed by atoms with E-state index >= 15 is 0 Å². The molecule has 3 rings (SSSR count). The summed E-state index contributed by atoms with van der Waals surface area (Å²) < 4.78 is 17.5. The molecule has 0 radical (unpaired) electrons. The lowest BCUT2D eigenvalue weighted by atomic mass is 10.0. The van der Waals surface area contributed by atoms with Gasteiger partial charge >= 0.3 is 5.97 Å². The molecule has 36 heavy (non-hydrogen) atoms. The summed E-state index contributed by atoms with van der Waals surface area (Å²) in [5.41, 5.74) is 5.61. The maximum atomic E-state index is 12.9. The van der Waals surface area contributed by atoms with Crippen molar-refractivity contribution in [3.05, 3.63) is 63.1 Å². The minimum atomic E-state index is -0.331. The van der Waals surface area contributed by atoms with Crippen LogP contribution in [0.5, 0.6) is 11.5 Å². The average Bonchev–Trinajstić information content (AvgIpc) is 3.10. The summed E-state index contributed by atoms with van der Waals surface area (Å²) in [4.78, 5) is 26.7. The number of nitrogens with zero attached hydrogens (tertiary/aromatic N) is 1. The zero-order chi connectivity index (χ0) is 26.2. The number of benzene rings is 2. The Morgan fingerprint density at radius 3 is 2.50 bits per heavy atom. The third-order valence-electron chi connectivity index (χ3n) is 5.78. The van der Waals surface area contributed by atoms with E-state index in [0.29, 0.717) is 40.5 Å². The molecule has 0 aliphatic carbocycles. The molecule has 2 aromatic rings. The van der Waals surface area contributed by atoms with Crippen molar-refractivity contribution in [2.75, 3.05) is 19.8 Å². The maximum Gasteiger partial charge on any atom is 0.307 e. The lowest BCUT2D eigenvalue weighted by Gasteiger charge is -2.15. The standard InChI is InChI=1S/C28H33NO5S2/c1-6-12-33-26(30)10-11-29-27(31)25(36-28(29)35)16-21-8-9-23(24(15-21)32-7-2)34-17-22-14-19(4)18(3)13-20(22)5/h8-9,13-16H,6-7,10-12,17H2,1-5H3/b25-16+. The van der Waals surface area contributed by atoms with E-state index in [2.05, 4.69) is 32.9 Å². The highest BCUT2D eigenvalue weighted by molar-refractivity contribution is 8.26. The van der Waals surface area contributed by atoms with Gasteiger partial charge < -0.3 is 14.2 Å². The molecule has 0 unspecified atom stereocenters. The fourth-order valence-corrected chi connectivity index (χ4v) is 4.98. The van der Waals surface area contributed by atoms with Crippen LogP contribution in [0.3, 0.4) is 0 Å². The third kappa shape index (κ3) is 7.11. The molecule has 1 saturated heterocycles. The van der Waals surface area contributed by atoms with E-state index in [4.69, 9.17) is 26.4 Å². The van der Waals surface area contributed by atoms with Crippen molar-refractivity contribution in [2.24, 2.45) is 0 Å². The van der Waals surface area contributed by atoms with Crippen LogP contribution in [-0.2, 0) is 20.9 Å². The summed E-state index contributed by atoms with van der Waals surface area (Å²) in [7, 11) is 0. The minimum Gasteiger partial charge on any atom is -0.490 e. The number of carbonyl (C=O) groups excluding carboxylic acids is 2. The van der Waals surface area contributed by atoms with Crippen LogP contribution in [0.4, 0.5) is 0 Å². The molecular weight excluding hydrogens is 494 g/mol. The number of hydrogen-bond donors (Lipinski definition) is 0. The van der Waals surface area contributed by atoms with E-state index < -0.39 is 0 Å². The lowest BCUT2D eigenvalue weighted by Crippen LogP contribution is -2.30. The Morgan fingerprint density at radius 2 is 1.78 bits per heavy atom. The number of amides is 1. The summed E-state index contributed by atoms with van der Waals surface area (Å²) in [5.74, 6) is 0.714. The molecule has 1 amide bonds. The third-order valence-corrected chi connectivity index (χ3v) is 7.16. The van der Waals surface area contributed by atoms with Gasteiger partial charge in [-0.15, -0.1) is 0 Å². The van der Waals surface area contributed by atoms with Gasteiger partial charge in [0.15, 0.2) is 11.5 Å². The smallest absolute Gasteiger partial charge is 0.307 e. The molecule has 0 aromatic heterocycles. The van der Waals surface area contributed by atoms with Crippen LogP contribution < -0.4 is 9.47 Å². The number of aryl methyl sites for hydroxylation is 3. The molecule has 1 fully saturated rings. The van der Waals surface area contributed by atoms with Gasteiger partial charge in [0, 0.05) is 6.54 Å². The average molecular weight is 528 g/mol. The Bertz CT molecular complexity index is 1170. The first-order chi connectivity index (χ1) is 17.2. The number of rotatable bonds is 11. The van der Waals surface area contributed by atoms with Gasteiger partial charge in [0.2, 0.25) is 0 Å². The van der Waals surface area contributed by atoms with Crippen molar-refractivity contribution in [1.82, 2.24) is 4.90 Å². The van der Waals surface area contributed by atoms with Gasteiger partial charge in [-0.1, -0.05) is 49.1 Å². The number of thioether (sulfide) groups is 1. The molecule has 2 aromatic carbocycles. The molecule has 8 heteroatoms. The summed E-state index contributed by atoms with van der Waals surface area (Å²) in [6.45, 7) is 11.6. The van der Waals surface area contributed by atoms with Crippen LogP contribution in [0.2, 0.25) is 0 Å². The van der Waals surface area contributed by atoms with Gasteiger partial charge in [-0.05, 0) is 80.1 Å². The molecule has 6 nitrogen and oxygen atoms in total. The summed E-state index contributed by atoms with van der Waals surface area (Å²) in [5, 5.41) is 0. The summed E-state index contributed by atoms with van der Waals surface area (Å²) in [6, 6.07) is 9.94.